The fourth-order valence-electron chi connectivity index (χ4n) is 4.05. The molecule has 1 amide bonds. The van der Waals surface area contributed by atoms with Crippen LogP contribution in [0.4, 0.5) is 0 Å². The predicted molar refractivity (Wildman–Crippen MR) is 127 cm³/mol. The summed E-state index contributed by atoms with van der Waals surface area (Å²) in [6.07, 6.45) is 5.19. The van der Waals surface area contributed by atoms with Gasteiger partial charge in [0, 0.05) is 58.0 Å². The SMILES string of the molecule is CN=C(NCc1ccccc1-n1cccn1)NCC1CC(=O)N(CCc2ccccc2)C1. The van der Waals surface area contributed by atoms with E-state index < -0.39 is 0 Å². The lowest BCUT2D eigenvalue weighted by Crippen LogP contribution is -2.40. The Morgan fingerprint density at radius 2 is 1.91 bits per heavy atom. The molecular weight excluding hydrogens is 400 g/mol. The summed E-state index contributed by atoms with van der Waals surface area (Å²) in [7, 11) is 1.76. The molecule has 1 unspecified atom stereocenters. The smallest absolute Gasteiger partial charge is 0.223 e. The molecule has 32 heavy (non-hydrogen) atoms. The van der Waals surface area contributed by atoms with Crippen molar-refractivity contribution in [3.05, 3.63) is 84.2 Å². The van der Waals surface area contributed by atoms with Crippen molar-refractivity contribution in [1.29, 1.82) is 0 Å². The van der Waals surface area contributed by atoms with Gasteiger partial charge in [-0.2, -0.15) is 5.10 Å². The first kappa shape index (κ1) is 21.6. The minimum Gasteiger partial charge on any atom is -0.356 e. The first-order valence-corrected chi connectivity index (χ1v) is 11.1. The Hall–Kier alpha value is -3.61. The molecular formula is C25H30N6O. The Morgan fingerprint density at radius 3 is 2.69 bits per heavy atom. The van der Waals surface area contributed by atoms with Gasteiger partial charge in [0.05, 0.1) is 5.69 Å². The number of para-hydroxylation sites is 1. The maximum Gasteiger partial charge on any atom is 0.223 e. The van der Waals surface area contributed by atoms with E-state index >= 15 is 0 Å². The second-order valence-corrected chi connectivity index (χ2v) is 8.03. The fraction of sp³-hybridized carbons (Fsp3) is 0.320. The minimum atomic E-state index is 0.240. The minimum absolute atomic E-state index is 0.240. The number of likely N-dealkylation sites (tertiary alicyclic amines) is 1. The summed E-state index contributed by atoms with van der Waals surface area (Å²) in [5, 5.41) is 11.1. The second-order valence-electron chi connectivity index (χ2n) is 8.03. The highest BCUT2D eigenvalue weighted by molar-refractivity contribution is 5.81. The molecule has 0 spiro atoms. The van der Waals surface area contributed by atoms with E-state index in [-0.39, 0.29) is 11.8 Å². The molecule has 4 rings (SSSR count). The summed E-state index contributed by atoms with van der Waals surface area (Å²) in [5.74, 6) is 1.26. The standard InChI is InChI=1S/C25H30N6O/c1-26-25(28-18-22-10-5-6-11-23(22)31-14-7-13-29-31)27-17-21-16-24(32)30(19-21)15-12-20-8-3-2-4-9-20/h2-11,13-14,21H,12,15-19H2,1H3,(H2,26,27,28). The average molecular weight is 431 g/mol. The summed E-state index contributed by atoms with van der Waals surface area (Å²) < 4.78 is 1.86. The molecule has 1 saturated heterocycles. The van der Waals surface area contributed by atoms with Gasteiger partial charge in [-0.05, 0) is 29.7 Å². The number of hydrogen-bond acceptors (Lipinski definition) is 3. The summed E-state index contributed by atoms with van der Waals surface area (Å²) in [6, 6.07) is 20.4. The molecule has 0 bridgehead atoms. The zero-order valence-corrected chi connectivity index (χ0v) is 18.4. The van der Waals surface area contributed by atoms with Crippen molar-refractivity contribution < 1.29 is 4.79 Å². The van der Waals surface area contributed by atoms with Gasteiger partial charge in [-0.15, -0.1) is 0 Å². The maximum absolute atomic E-state index is 12.4. The molecule has 166 valence electrons. The number of carbonyl (C=O) groups excluding carboxylic acids is 1. The van der Waals surface area contributed by atoms with Crippen LogP contribution in [0.5, 0.6) is 0 Å². The lowest BCUT2D eigenvalue weighted by Gasteiger charge is -2.18. The number of amides is 1. The third-order valence-electron chi connectivity index (χ3n) is 5.78. The number of guanidine groups is 1. The molecule has 7 heteroatoms. The van der Waals surface area contributed by atoms with Gasteiger partial charge in [-0.25, -0.2) is 4.68 Å². The topological polar surface area (TPSA) is 74.5 Å². The van der Waals surface area contributed by atoms with Crippen molar-refractivity contribution in [1.82, 2.24) is 25.3 Å². The Labute approximate surface area is 189 Å². The van der Waals surface area contributed by atoms with Crippen LogP contribution in [0.3, 0.4) is 0 Å². The van der Waals surface area contributed by atoms with Gasteiger partial charge >= 0.3 is 0 Å². The molecule has 0 radical (unpaired) electrons. The van der Waals surface area contributed by atoms with E-state index in [4.69, 9.17) is 0 Å². The van der Waals surface area contributed by atoms with Gasteiger partial charge in [-0.1, -0.05) is 48.5 Å². The molecule has 1 aromatic heterocycles. The highest BCUT2D eigenvalue weighted by Crippen LogP contribution is 2.18. The van der Waals surface area contributed by atoms with Crippen LogP contribution in [-0.4, -0.2) is 53.2 Å². The van der Waals surface area contributed by atoms with Gasteiger partial charge in [-0.3, -0.25) is 9.79 Å². The van der Waals surface area contributed by atoms with Gasteiger partial charge in [0.25, 0.3) is 0 Å². The third kappa shape index (κ3) is 5.55. The van der Waals surface area contributed by atoms with Crippen molar-refractivity contribution in [2.75, 3.05) is 26.7 Å². The molecule has 2 heterocycles. The van der Waals surface area contributed by atoms with Crippen LogP contribution >= 0.6 is 0 Å². The van der Waals surface area contributed by atoms with Crippen molar-refractivity contribution >= 4 is 11.9 Å². The Bertz CT molecular complexity index is 1030. The largest absolute Gasteiger partial charge is 0.356 e. The maximum atomic E-state index is 12.4. The van der Waals surface area contributed by atoms with E-state index in [0.717, 1.165) is 36.7 Å². The first-order chi connectivity index (χ1) is 15.7. The Morgan fingerprint density at radius 1 is 1.09 bits per heavy atom. The van der Waals surface area contributed by atoms with Gasteiger partial charge in [0.2, 0.25) is 5.91 Å². The highest BCUT2D eigenvalue weighted by atomic mass is 16.2. The molecule has 0 saturated carbocycles. The summed E-state index contributed by atoms with van der Waals surface area (Å²) in [4.78, 5) is 18.8. The van der Waals surface area contributed by atoms with Crippen LogP contribution in [0.15, 0.2) is 78.0 Å². The van der Waals surface area contributed by atoms with Crippen LogP contribution in [0.2, 0.25) is 0 Å². The van der Waals surface area contributed by atoms with Gasteiger partial charge in [0.1, 0.15) is 0 Å². The van der Waals surface area contributed by atoms with Crippen LogP contribution in [-0.2, 0) is 17.8 Å². The number of aliphatic imine (C=N–C) groups is 1. The number of aromatic nitrogens is 2. The zero-order chi connectivity index (χ0) is 22.2. The Kier molecular flexibility index (Phi) is 7.17. The lowest BCUT2D eigenvalue weighted by atomic mass is 10.1. The molecule has 7 nitrogen and oxygen atoms in total. The van der Waals surface area contributed by atoms with E-state index in [1.807, 2.05) is 58.2 Å². The molecule has 3 aromatic rings. The lowest BCUT2D eigenvalue weighted by molar-refractivity contribution is -0.127. The van der Waals surface area contributed by atoms with Crippen molar-refractivity contribution in [2.45, 2.75) is 19.4 Å². The van der Waals surface area contributed by atoms with E-state index in [9.17, 15) is 4.79 Å². The van der Waals surface area contributed by atoms with E-state index in [1.165, 1.54) is 5.56 Å². The quantitative estimate of drug-likeness (QED) is 0.426. The van der Waals surface area contributed by atoms with E-state index in [1.54, 1.807) is 13.2 Å². The zero-order valence-electron chi connectivity index (χ0n) is 18.4. The number of hydrogen-bond donors (Lipinski definition) is 2. The highest BCUT2D eigenvalue weighted by Gasteiger charge is 2.29. The molecule has 2 aromatic carbocycles. The number of rotatable bonds is 8. The summed E-state index contributed by atoms with van der Waals surface area (Å²) in [6.45, 7) is 2.91. The van der Waals surface area contributed by atoms with Gasteiger partial charge in [0.15, 0.2) is 5.96 Å². The molecule has 1 atom stereocenters. The molecule has 0 aliphatic carbocycles. The molecule has 1 aliphatic heterocycles. The summed E-state index contributed by atoms with van der Waals surface area (Å²) >= 11 is 0. The van der Waals surface area contributed by atoms with Crippen LogP contribution in [0, 0.1) is 5.92 Å². The van der Waals surface area contributed by atoms with E-state index in [2.05, 4.69) is 38.9 Å². The number of benzene rings is 2. The van der Waals surface area contributed by atoms with Gasteiger partial charge < -0.3 is 15.5 Å². The number of nitrogens with zero attached hydrogens (tertiary/aromatic N) is 4. The first-order valence-electron chi connectivity index (χ1n) is 11.1. The average Bonchev–Trinajstić information content (AvgIpc) is 3.49. The molecule has 2 N–H and O–H groups in total. The Balaban J connectivity index is 1.25. The molecule has 1 fully saturated rings. The van der Waals surface area contributed by atoms with Crippen molar-refractivity contribution in [3.8, 4) is 5.69 Å². The number of carbonyl (C=O) groups is 1. The van der Waals surface area contributed by atoms with E-state index in [0.29, 0.717) is 19.5 Å². The predicted octanol–water partition coefficient (Wildman–Crippen LogP) is 2.63. The second kappa shape index (κ2) is 10.6. The van der Waals surface area contributed by atoms with Crippen molar-refractivity contribution in [2.24, 2.45) is 10.9 Å². The van der Waals surface area contributed by atoms with Crippen LogP contribution in [0.1, 0.15) is 17.5 Å². The van der Waals surface area contributed by atoms with Crippen LogP contribution in [0.25, 0.3) is 5.69 Å². The van der Waals surface area contributed by atoms with Crippen LogP contribution < -0.4 is 10.6 Å². The third-order valence-corrected chi connectivity index (χ3v) is 5.78. The van der Waals surface area contributed by atoms with Crippen molar-refractivity contribution in [3.63, 3.8) is 0 Å². The summed E-state index contributed by atoms with van der Waals surface area (Å²) in [5.41, 5.74) is 3.43. The fourth-order valence-corrected chi connectivity index (χ4v) is 4.05. The molecule has 1 aliphatic rings. The number of nitrogens with one attached hydrogen (secondary N) is 2. The normalized spacial score (nSPS) is 16.4. The monoisotopic (exact) mass is 430 g/mol.